The number of hydrogen-bond donors (Lipinski definition) is 2. The summed E-state index contributed by atoms with van der Waals surface area (Å²) < 4.78 is 5.55. The van der Waals surface area contributed by atoms with Crippen molar-refractivity contribution >= 4 is 5.82 Å². The van der Waals surface area contributed by atoms with E-state index in [0.29, 0.717) is 17.4 Å². The van der Waals surface area contributed by atoms with Gasteiger partial charge in [0.2, 0.25) is 5.88 Å². The number of aliphatic hydroxyl groups is 1. The molecule has 0 aliphatic heterocycles. The van der Waals surface area contributed by atoms with Crippen LogP contribution < -0.4 is 10.1 Å². The van der Waals surface area contributed by atoms with E-state index >= 15 is 0 Å². The molecule has 0 aliphatic carbocycles. The maximum atomic E-state index is 8.92. The minimum absolute atomic E-state index is 0.0255. The van der Waals surface area contributed by atoms with E-state index in [9.17, 15) is 0 Å². The fraction of sp³-hybridized carbons (Fsp3) is 0.167. The minimum Gasteiger partial charge on any atom is -0.439 e. The van der Waals surface area contributed by atoms with Crippen LogP contribution in [0.1, 0.15) is 5.56 Å². The average Bonchev–Trinajstić information content (AvgIpc) is 2.40. The Morgan fingerprint density at radius 3 is 2.65 bits per heavy atom. The average molecular weight is 231 g/mol. The highest BCUT2D eigenvalue weighted by molar-refractivity contribution is 5.38. The zero-order valence-corrected chi connectivity index (χ0v) is 9.42. The lowest BCUT2D eigenvalue weighted by atomic mass is 10.2. The largest absolute Gasteiger partial charge is 0.439 e. The first-order valence-corrected chi connectivity index (χ1v) is 5.19. The first kappa shape index (κ1) is 11.3. The van der Waals surface area contributed by atoms with E-state index in [1.165, 1.54) is 6.33 Å². The highest BCUT2D eigenvalue weighted by Gasteiger charge is 2.00. The Hall–Kier alpha value is -2.14. The van der Waals surface area contributed by atoms with E-state index in [0.717, 1.165) is 5.56 Å². The van der Waals surface area contributed by atoms with Gasteiger partial charge in [0.25, 0.3) is 0 Å². The molecule has 0 saturated carbocycles. The molecule has 0 atom stereocenters. The van der Waals surface area contributed by atoms with Gasteiger partial charge in [-0.1, -0.05) is 12.1 Å². The normalized spacial score (nSPS) is 10.0. The number of nitrogens with one attached hydrogen (secondary N) is 1. The highest BCUT2D eigenvalue weighted by atomic mass is 16.5. The van der Waals surface area contributed by atoms with Crippen LogP contribution in [0.5, 0.6) is 11.6 Å². The van der Waals surface area contributed by atoms with Gasteiger partial charge in [0.15, 0.2) is 0 Å². The molecule has 2 aromatic rings. The fourth-order valence-electron chi connectivity index (χ4n) is 1.32. The molecule has 0 bridgehead atoms. The summed E-state index contributed by atoms with van der Waals surface area (Å²) in [6, 6.07) is 8.88. The number of aliphatic hydroxyl groups excluding tert-OH is 1. The summed E-state index contributed by atoms with van der Waals surface area (Å²) in [7, 11) is 1.78. The maximum Gasteiger partial charge on any atom is 0.224 e. The van der Waals surface area contributed by atoms with Crippen molar-refractivity contribution in [2.75, 3.05) is 12.4 Å². The van der Waals surface area contributed by atoms with Crippen LogP contribution in [0.15, 0.2) is 36.7 Å². The summed E-state index contributed by atoms with van der Waals surface area (Å²) in [4.78, 5) is 7.99. The molecular weight excluding hydrogens is 218 g/mol. The van der Waals surface area contributed by atoms with Crippen LogP contribution >= 0.6 is 0 Å². The Morgan fingerprint density at radius 1 is 1.24 bits per heavy atom. The summed E-state index contributed by atoms with van der Waals surface area (Å²) in [5, 5.41) is 11.8. The van der Waals surface area contributed by atoms with Gasteiger partial charge in [-0.3, -0.25) is 0 Å². The monoisotopic (exact) mass is 231 g/mol. The molecule has 0 aliphatic rings. The van der Waals surface area contributed by atoms with Crippen LogP contribution in [0.4, 0.5) is 5.82 Å². The first-order valence-electron chi connectivity index (χ1n) is 5.19. The van der Waals surface area contributed by atoms with Gasteiger partial charge in [0.1, 0.15) is 17.9 Å². The smallest absolute Gasteiger partial charge is 0.224 e. The number of anilines is 1. The molecule has 88 valence electrons. The summed E-state index contributed by atoms with van der Waals surface area (Å²) in [5.41, 5.74) is 0.843. The molecule has 1 heterocycles. The van der Waals surface area contributed by atoms with Crippen LogP contribution in [0, 0.1) is 0 Å². The maximum absolute atomic E-state index is 8.92. The summed E-state index contributed by atoms with van der Waals surface area (Å²) in [5.74, 6) is 1.84. The van der Waals surface area contributed by atoms with Crippen molar-refractivity contribution in [3.8, 4) is 11.6 Å². The predicted octanol–water partition coefficient (Wildman–Crippen LogP) is 1.80. The van der Waals surface area contributed by atoms with Crippen molar-refractivity contribution in [3.05, 3.63) is 42.2 Å². The lowest BCUT2D eigenvalue weighted by molar-refractivity contribution is 0.281. The van der Waals surface area contributed by atoms with Gasteiger partial charge >= 0.3 is 0 Å². The zero-order valence-electron chi connectivity index (χ0n) is 9.42. The Morgan fingerprint density at radius 2 is 2.00 bits per heavy atom. The molecule has 0 radical (unpaired) electrons. The molecule has 0 amide bonds. The highest BCUT2D eigenvalue weighted by Crippen LogP contribution is 2.20. The Bertz CT molecular complexity index is 485. The molecule has 5 nitrogen and oxygen atoms in total. The van der Waals surface area contributed by atoms with Crippen LogP contribution in [-0.2, 0) is 6.61 Å². The number of benzene rings is 1. The second-order valence-electron chi connectivity index (χ2n) is 3.40. The molecule has 0 fully saturated rings. The van der Waals surface area contributed by atoms with E-state index in [-0.39, 0.29) is 6.61 Å². The van der Waals surface area contributed by atoms with Crippen LogP contribution in [0.25, 0.3) is 0 Å². The standard InChI is InChI=1S/C12H13N3O2/c1-13-11-6-12(15-8-14-11)17-10-4-2-9(7-16)3-5-10/h2-6,8,16H,7H2,1H3,(H,13,14,15). The van der Waals surface area contributed by atoms with Crippen molar-refractivity contribution < 1.29 is 9.84 Å². The second kappa shape index (κ2) is 5.27. The third kappa shape index (κ3) is 2.92. The van der Waals surface area contributed by atoms with Gasteiger partial charge in [0.05, 0.1) is 6.61 Å². The topological polar surface area (TPSA) is 67.3 Å². The van der Waals surface area contributed by atoms with Gasteiger partial charge in [-0.25, -0.2) is 9.97 Å². The lowest BCUT2D eigenvalue weighted by Gasteiger charge is -2.06. The van der Waals surface area contributed by atoms with Crippen molar-refractivity contribution in [1.29, 1.82) is 0 Å². The third-order valence-corrected chi connectivity index (χ3v) is 2.23. The Labute approximate surface area is 99.1 Å². The molecule has 0 unspecified atom stereocenters. The number of hydrogen-bond acceptors (Lipinski definition) is 5. The summed E-state index contributed by atoms with van der Waals surface area (Å²) in [6.45, 7) is 0.0255. The van der Waals surface area contributed by atoms with Crippen molar-refractivity contribution in [2.24, 2.45) is 0 Å². The SMILES string of the molecule is CNc1cc(Oc2ccc(CO)cc2)ncn1. The number of ether oxygens (including phenoxy) is 1. The molecule has 17 heavy (non-hydrogen) atoms. The van der Waals surface area contributed by atoms with E-state index in [1.807, 2.05) is 0 Å². The van der Waals surface area contributed by atoms with E-state index in [1.54, 1.807) is 37.4 Å². The molecule has 1 aromatic heterocycles. The number of nitrogens with zero attached hydrogens (tertiary/aromatic N) is 2. The fourth-order valence-corrected chi connectivity index (χ4v) is 1.32. The molecular formula is C12H13N3O2. The molecule has 0 saturated heterocycles. The third-order valence-electron chi connectivity index (χ3n) is 2.23. The molecule has 0 spiro atoms. The van der Waals surface area contributed by atoms with Crippen molar-refractivity contribution in [2.45, 2.75) is 6.61 Å². The van der Waals surface area contributed by atoms with Gasteiger partial charge in [-0.15, -0.1) is 0 Å². The zero-order chi connectivity index (χ0) is 12.1. The van der Waals surface area contributed by atoms with E-state index < -0.39 is 0 Å². The Kier molecular flexibility index (Phi) is 3.52. The van der Waals surface area contributed by atoms with Crippen LogP contribution in [0.3, 0.4) is 0 Å². The van der Waals surface area contributed by atoms with E-state index in [4.69, 9.17) is 9.84 Å². The molecule has 5 heteroatoms. The quantitative estimate of drug-likeness (QED) is 0.839. The first-order chi connectivity index (χ1) is 8.31. The van der Waals surface area contributed by atoms with Gasteiger partial charge in [0, 0.05) is 13.1 Å². The van der Waals surface area contributed by atoms with Crippen LogP contribution in [0.2, 0.25) is 0 Å². The lowest BCUT2D eigenvalue weighted by Crippen LogP contribution is -1.95. The second-order valence-corrected chi connectivity index (χ2v) is 3.40. The van der Waals surface area contributed by atoms with Crippen molar-refractivity contribution in [1.82, 2.24) is 9.97 Å². The van der Waals surface area contributed by atoms with E-state index in [2.05, 4.69) is 15.3 Å². The van der Waals surface area contributed by atoms with Crippen LogP contribution in [-0.4, -0.2) is 22.1 Å². The minimum atomic E-state index is 0.0255. The number of aromatic nitrogens is 2. The Balaban J connectivity index is 2.13. The molecule has 1 aromatic carbocycles. The predicted molar refractivity (Wildman–Crippen MR) is 64.0 cm³/mol. The number of rotatable bonds is 4. The van der Waals surface area contributed by atoms with Crippen molar-refractivity contribution in [3.63, 3.8) is 0 Å². The van der Waals surface area contributed by atoms with Gasteiger partial charge < -0.3 is 15.2 Å². The summed E-state index contributed by atoms with van der Waals surface area (Å²) in [6.07, 6.45) is 1.43. The molecule has 2 rings (SSSR count). The van der Waals surface area contributed by atoms with Gasteiger partial charge in [-0.2, -0.15) is 0 Å². The molecule has 2 N–H and O–H groups in total. The van der Waals surface area contributed by atoms with Gasteiger partial charge in [-0.05, 0) is 17.7 Å². The summed E-state index contributed by atoms with van der Waals surface area (Å²) >= 11 is 0.